The smallest absolute Gasteiger partial charge is 0.0521 e. The molecule has 0 spiro atoms. The summed E-state index contributed by atoms with van der Waals surface area (Å²) in [6.07, 6.45) is 0. The van der Waals surface area contributed by atoms with Crippen LogP contribution in [-0.2, 0) is 0 Å². The fourth-order valence-corrected chi connectivity index (χ4v) is 2.08. The summed E-state index contributed by atoms with van der Waals surface area (Å²) in [5, 5.41) is 3.39. The first-order chi connectivity index (χ1) is 6.40. The average Bonchev–Trinajstić information content (AvgIpc) is 2.61. The minimum absolute atomic E-state index is 0.614. The lowest BCUT2D eigenvalue weighted by molar-refractivity contribution is 1.74. The zero-order valence-electron chi connectivity index (χ0n) is 6.95. The van der Waals surface area contributed by atoms with Gasteiger partial charge in [-0.05, 0) is 29.0 Å². The third-order valence-electron chi connectivity index (χ3n) is 1.77. The Morgan fingerprint density at radius 1 is 1.31 bits per heavy atom. The minimum Gasteiger partial charge on any atom is -0.166 e. The topological polar surface area (TPSA) is 0 Å². The van der Waals surface area contributed by atoms with E-state index < -0.39 is 0 Å². The molecule has 2 aromatic rings. The van der Waals surface area contributed by atoms with E-state index in [1.807, 2.05) is 6.07 Å². The molecule has 2 rings (SSSR count). The monoisotopic (exact) mass is 204 g/mol. The molecule has 2 heteroatoms. The van der Waals surface area contributed by atoms with Crippen molar-refractivity contribution < 1.29 is 0 Å². The highest BCUT2D eigenvalue weighted by Crippen LogP contribution is 2.21. The molecule has 0 fully saturated rings. The summed E-state index contributed by atoms with van der Waals surface area (Å²) in [6, 6.07) is 8.39. The fourth-order valence-electron chi connectivity index (χ4n) is 1.17. The summed E-state index contributed by atoms with van der Waals surface area (Å²) in [5.74, 6) is 6.61. The lowest BCUT2D eigenvalue weighted by Crippen LogP contribution is -1.72. The van der Waals surface area contributed by atoms with Gasteiger partial charge in [0.15, 0.2) is 0 Å². The number of benzene rings is 1. The quantitative estimate of drug-likeness (QED) is 0.494. The predicted molar refractivity (Wildman–Crippen MR) is 62.6 cm³/mol. The number of rotatable bonds is 0. The molecule has 0 aliphatic carbocycles. The summed E-state index contributed by atoms with van der Waals surface area (Å²) in [4.78, 5) is 0. The number of fused-ring (bicyclic) bond motifs is 1. The van der Waals surface area contributed by atoms with Crippen LogP contribution in [0.4, 0.5) is 0 Å². The molecule has 0 aliphatic rings. The molecule has 64 valence electrons. The number of hydrogen-bond donors (Lipinski definition) is 1. The van der Waals surface area contributed by atoms with Crippen LogP contribution in [0.3, 0.4) is 0 Å². The molecule has 0 unspecified atom stereocenters. The molecule has 1 aromatic heterocycles. The standard InChI is InChI=1S/C11H8S2/c12-6-1-2-9-3-4-10-5-7-13-11(10)8-9/h3-5,7-8,12H,6H2. The Morgan fingerprint density at radius 2 is 2.23 bits per heavy atom. The van der Waals surface area contributed by atoms with E-state index in [0.29, 0.717) is 5.75 Å². The van der Waals surface area contributed by atoms with Crippen LogP contribution in [0.2, 0.25) is 0 Å². The zero-order chi connectivity index (χ0) is 9.10. The lowest BCUT2D eigenvalue weighted by Gasteiger charge is -1.90. The van der Waals surface area contributed by atoms with Crippen molar-refractivity contribution in [2.75, 3.05) is 5.75 Å². The second kappa shape index (κ2) is 3.87. The average molecular weight is 204 g/mol. The van der Waals surface area contributed by atoms with Crippen molar-refractivity contribution in [2.24, 2.45) is 0 Å². The summed E-state index contributed by atoms with van der Waals surface area (Å²) in [7, 11) is 0. The second-order valence-electron chi connectivity index (χ2n) is 2.63. The fraction of sp³-hybridized carbons (Fsp3) is 0.0909. The highest BCUT2D eigenvalue weighted by Gasteiger charge is 1.94. The van der Waals surface area contributed by atoms with E-state index in [4.69, 9.17) is 0 Å². The normalized spacial score (nSPS) is 9.62. The van der Waals surface area contributed by atoms with E-state index in [2.05, 4.69) is 48.0 Å². The molecule has 0 amide bonds. The van der Waals surface area contributed by atoms with Crippen LogP contribution in [0.5, 0.6) is 0 Å². The van der Waals surface area contributed by atoms with Crippen LogP contribution < -0.4 is 0 Å². The molecule has 0 bridgehead atoms. The van der Waals surface area contributed by atoms with Crippen LogP contribution in [0, 0.1) is 11.8 Å². The Balaban J connectivity index is 2.48. The summed E-state index contributed by atoms with van der Waals surface area (Å²) < 4.78 is 1.30. The van der Waals surface area contributed by atoms with Crippen molar-refractivity contribution in [1.82, 2.24) is 0 Å². The van der Waals surface area contributed by atoms with E-state index in [-0.39, 0.29) is 0 Å². The van der Waals surface area contributed by atoms with Crippen molar-refractivity contribution in [3.8, 4) is 11.8 Å². The van der Waals surface area contributed by atoms with Crippen LogP contribution in [0.1, 0.15) is 5.56 Å². The van der Waals surface area contributed by atoms with Crippen molar-refractivity contribution in [2.45, 2.75) is 0 Å². The van der Waals surface area contributed by atoms with E-state index in [1.165, 1.54) is 10.1 Å². The molecule has 13 heavy (non-hydrogen) atoms. The van der Waals surface area contributed by atoms with E-state index in [0.717, 1.165) is 5.56 Å². The first-order valence-corrected chi connectivity index (χ1v) is 5.48. The highest BCUT2D eigenvalue weighted by atomic mass is 32.1. The summed E-state index contributed by atoms with van der Waals surface area (Å²) >= 11 is 5.79. The van der Waals surface area contributed by atoms with Gasteiger partial charge in [-0.15, -0.1) is 11.3 Å². The van der Waals surface area contributed by atoms with Crippen LogP contribution in [0.15, 0.2) is 29.6 Å². The second-order valence-corrected chi connectivity index (χ2v) is 3.90. The third kappa shape index (κ3) is 1.88. The van der Waals surface area contributed by atoms with Gasteiger partial charge < -0.3 is 0 Å². The molecule has 1 aromatic carbocycles. The summed E-state index contributed by atoms with van der Waals surface area (Å²) in [5.41, 5.74) is 1.07. The Labute approximate surface area is 87.0 Å². The maximum absolute atomic E-state index is 4.04. The van der Waals surface area contributed by atoms with E-state index in [9.17, 15) is 0 Å². The molecule has 0 aliphatic heterocycles. The Bertz CT molecular complexity index is 471. The largest absolute Gasteiger partial charge is 0.166 e. The maximum atomic E-state index is 4.04. The van der Waals surface area contributed by atoms with Crippen molar-refractivity contribution in [1.29, 1.82) is 0 Å². The van der Waals surface area contributed by atoms with Gasteiger partial charge >= 0.3 is 0 Å². The molecule has 0 saturated carbocycles. The number of thiophene rings is 1. The Kier molecular flexibility index (Phi) is 2.58. The van der Waals surface area contributed by atoms with Crippen molar-refractivity contribution in [3.63, 3.8) is 0 Å². The molecule has 0 N–H and O–H groups in total. The molecule has 0 radical (unpaired) electrons. The minimum atomic E-state index is 0.614. The molecular formula is C11H8S2. The maximum Gasteiger partial charge on any atom is 0.0521 e. The molecule has 1 heterocycles. The van der Waals surface area contributed by atoms with Gasteiger partial charge in [-0.2, -0.15) is 12.6 Å². The van der Waals surface area contributed by atoms with E-state index >= 15 is 0 Å². The number of hydrogen-bond acceptors (Lipinski definition) is 2. The first kappa shape index (κ1) is 8.68. The lowest BCUT2D eigenvalue weighted by atomic mass is 10.2. The van der Waals surface area contributed by atoms with Gasteiger partial charge in [0.1, 0.15) is 0 Å². The van der Waals surface area contributed by atoms with Gasteiger partial charge in [0, 0.05) is 10.3 Å². The predicted octanol–water partition coefficient (Wildman–Crippen LogP) is 3.18. The summed E-state index contributed by atoms with van der Waals surface area (Å²) in [6.45, 7) is 0. The van der Waals surface area contributed by atoms with Gasteiger partial charge in [-0.1, -0.05) is 17.9 Å². The van der Waals surface area contributed by atoms with E-state index in [1.54, 1.807) is 11.3 Å². The van der Waals surface area contributed by atoms with Gasteiger partial charge in [0.05, 0.1) is 5.75 Å². The highest BCUT2D eigenvalue weighted by molar-refractivity contribution is 7.80. The van der Waals surface area contributed by atoms with Gasteiger partial charge in [0.25, 0.3) is 0 Å². The van der Waals surface area contributed by atoms with Crippen molar-refractivity contribution in [3.05, 3.63) is 35.2 Å². The number of thiol groups is 1. The van der Waals surface area contributed by atoms with Crippen LogP contribution in [-0.4, -0.2) is 5.75 Å². The Morgan fingerprint density at radius 3 is 3.08 bits per heavy atom. The third-order valence-corrected chi connectivity index (χ3v) is 2.81. The van der Waals surface area contributed by atoms with Crippen LogP contribution >= 0.6 is 24.0 Å². The zero-order valence-corrected chi connectivity index (χ0v) is 8.66. The first-order valence-electron chi connectivity index (χ1n) is 3.97. The molecule has 0 nitrogen and oxygen atoms in total. The van der Waals surface area contributed by atoms with Crippen LogP contribution in [0.25, 0.3) is 10.1 Å². The Hall–Kier alpha value is -0.910. The SMILES string of the molecule is SCC#Cc1ccc2ccsc2c1. The van der Waals surface area contributed by atoms with Gasteiger partial charge in [-0.3, -0.25) is 0 Å². The van der Waals surface area contributed by atoms with Gasteiger partial charge in [0.2, 0.25) is 0 Å². The molecule has 0 saturated heterocycles. The van der Waals surface area contributed by atoms with Gasteiger partial charge in [-0.25, -0.2) is 0 Å². The molecule has 0 atom stereocenters. The van der Waals surface area contributed by atoms with Crippen molar-refractivity contribution >= 4 is 34.1 Å². The molecular weight excluding hydrogens is 196 g/mol.